The average molecular weight is 391 g/mol. The first-order valence-corrected chi connectivity index (χ1v) is 13.5. The van der Waals surface area contributed by atoms with Crippen LogP contribution in [0.2, 0.25) is 0 Å². The third-order valence-electron chi connectivity index (χ3n) is 4.27. The van der Waals surface area contributed by atoms with Crippen LogP contribution in [0.1, 0.15) is 27.7 Å². The van der Waals surface area contributed by atoms with Crippen molar-refractivity contribution in [1.82, 2.24) is 5.06 Å². The van der Waals surface area contributed by atoms with E-state index in [0.717, 1.165) is 39.2 Å². The van der Waals surface area contributed by atoms with Gasteiger partial charge in [0, 0.05) is 35.1 Å². The van der Waals surface area contributed by atoms with Gasteiger partial charge in [0.2, 0.25) is 0 Å². The van der Waals surface area contributed by atoms with E-state index in [-0.39, 0.29) is 23.3 Å². The zero-order chi connectivity index (χ0) is 17.6. The predicted molar refractivity (Wildman–Crippen MR) is 92.3 cm³/mol. The molecule has 0 aliphatic carbocycles. The lowest BCUT2D eigenvalue weighted by atomic mass is 9.79. The molecular formula is C12H24NO5S4. The average Bonchev–Trinajstić information content (AvgIpc) is 2.40. The molecule has 131 valence electrons. The molecule has 1 aliphatic heterocycles. The Labute approximate surface area is 141 Å². The predicted octanol–water partition coefficient (Wildman–Crippen LogP) is 1.82. The molecule has 2 atom stereocenters. The van der Waals surface area contributed by atoms with Crippen LogP contribution in [0, 0.1) is 11.8 Å². The lowest BCUT2D eigenvalue weighted by Crippen LogP contribution is -2.47. The molecule has 6 nitrogen and oxygen atoms in total. The molecular weight excluding hydrogens is 366 g/mol. The highest BCUT2D eigenvalue weighted by atomic mass is 33.1. The summed E-state index contributed by atoms with van der Waals surface area (Å²) in [4.78, 5) is 0. The van der Waals surface area contributed by atoms with Crippen LogP contribution in [0.15, 0.2) is 0 Å². The van der Waals surface area contributed by atoms with Crippen LogP contribution in [-0.4, -0.2) is 57.0 Å². The van der Waals surface area contributed by atoms with Gasteiger partial charge in [-0.1, -0.05) is 0 Å². The molecule has 1 aliphatic rings. The second-order valence-corrected chi connectivity index (χ2v) is 15.8. The van der Waals surface area contributed by atoms with E-state index in [0.29, 0.717) is 0 Å². The molecule has 0 bridgehead atoms. The summed E-state index contributed by atoms with van der Waals surface area (Å²) < 4.78 is 45.7. The molecule has 1 fully saturated rings. The van der Waals surface area contributed by atoms with E-state index in [1.807, 2.05) is 0 Å². The molecule has 0 aromatic rings. The molecule has 0 N–H and O–H groups in total. The maximum atomic E-state index is 12.6. The lowest BCUT2D eigenvalue weighted by molar-refractivity contribution is -0.250. The highest BCUT2D eigenvalue weighted by Crippen LogP contribution is 2.51. The van der Waals surface area contributed by atoms with E-state index < -0.39 is 28.8 Å². The van der Waals surface area contributed by atoms with Crippen LogP contribution in [0.25, 0.3) is 0 Å². The molecule has 0 aromatic carbocycles. The fraction of sp³-hybridized carbons (Fsp3) is 1.00. The first-order chi connectivity index (χ1) is 9.59. The van der Waals surface area contributed by atoms with E-state index in [1.54, 1.807) is 27.7 Å². The molecule has 22 heavy (non-hydrogen) atoms. The van der Waals surface area contributed by atoms with E-state index in [2.05, 4.69) is 0 Å². The Hall–Kier alpha value is 0.520. The van der Waals surface area contributed by atoms with E-state index in [1.165, 1.54) is 0 Å². The van der Waals surface area contributed by atoms with Crippen molar-refractivity contribution in [2.45, 2.75) is 38.8 Å². The first kappa shape index (κ1) is 20.6. The van der Waals surface area contributed by atoms with E-state index in [4.69, 9.17) is 0 Å². The monoisotopic (exact) mass is 390 g/mol. The summed E-state index contributed by atoms with van der Waals surface area (Å²) in [5, 5.41) is 13.6. The van der Waals surface area contributed by atoms with Crippen molar-refractivity contribution < 1.29 is 22.0 Å². The fourth-order valence-electron chi connectivity index (χ4n) is 3.06. The van der Waals surface area contributed by atoms with Crippen LogP contribution in [0.4, 0.5) is 0 Å². The summed E-state index contributed by atoms with van der Waals surface area (Å²) in [6.07, 6.45) is 2.28. The van der Waals surface area contributed by atoms with Crippen molar-refractivity contribution in [2.24, 2.45) is 11.8 Å². The Kier molecular flexibility index (Phi) is 6.02. The highest BCUT2D eigenvalue weighted by molar-refractivity contribution is 8.72. The minimum atomic E-state index is -3.21. The standard InChI is InChI=1S/C12H24NO5S4/c1-11(2)9(7-19-21(5,15)16)10(8-20-22(6,17)18)12(3,4)13(11)14/h9-10H,7-8H2,1-6H3/t9-,10-/m1/s1. The fourth-order valence-corrected chi connectivity index (χ4v) is 7.49. The largest absolute Gasteiger partial charge is 0.218 e. The van der Waals surface area contributed by atoms with Crippen molar-refractivity contribution >= 4 is 39.3 Å². The van der Waals surface area contributed by atoms with Gasteiger partial charge in [-0.05, 0) is 61.1 Å². The molecule has 1 heterocycles. The highest BCUT2D eigenvalue weighted by Gasteiger charge is 2.58. The van der Waals surface area contributed by atoms with Gasteiger partial charge in [0.15, 0.2) is 17.7 Å². The normalized spacial score (nSPS) is 28.9. The minimum absolute atomic E-state index is 0.214. The van der Waals surface area contributed by atoms with Gasteiger partial charge >= 0.3 is 0 Å². The maximum Gasteiger partial charge on any atom is 0.198 e. The Morgan fingerprint density at radius 2 is 1.09 bits per heavy atom. The number of hydrogen-bond acceptors (Lipinski definition) is 7. The van der Waals surface area contributed by atoms with Crippen LogP contribution in [-0.2, 0) is 22.9 Å². The smallest absolute Gasteiger partial charge is 0.198 e. The van der Waals surface area contributed by atoms with E-state index >= 15 is 0 Å². The maximum absolute atomic E-state index is 12.6. The van der Waals surface area contributed by atoms with Crippen molar-refractivity contribution in [3.05, 3.63) is 0 Å². The second kappa shape index (κ2) is 6.44. The number of hydroxylamine groups is 2. The molecule has 0 aromatic heterocycles. The zero-order valence-electron chi connectivity index (χ0n) is 13.7. The Bertz CT molecular complexity index is 557. The summed E-state index contributed by atoms with van der Waals surface area (Å²) in [7, 11) is -4.78. The van der Waals surface area contributed by atoms with Crippen molar-refractivity contribution in [3.63, 3.8) is 0 Å². The number of nitrogens with zero attached hydrogens (tertiary/aromatic N) is 1. The molecule has 1 radical (unpaired) electrons. The number of hydrogen-bond donors (Lipinski definition) is 0. The molecule has 10 heteroatoms. The molecule has 0 spiro atoms. The van der Waals surface area contributed by atoms with Crippen LogP contribution in [0.5, 0.6) is 0 Å². The third-order valence-corrected chi connectivity index (χ3v) is 9.50. The summed E-state index contributed by atoms with van der Waals surface area (Å²) in [6, 6.07) is 0. The Morgan fingerprint density at radius 3 is 1.32 bits per heavy atom. The first-order valence-electron chi connectivity index (χ1n) is 6.75. The molecule has 1 saturated heterocycles. The van der Waals surface area contributed by atoms with Crippen LogP contribution in [0.3, 0.4) is 0 Å². The third kappa shape index (κ3) is 4.76. The van der Waals surface area contributed by atoms with Gasteiger partial charge in [-0.2, -0.15) is 0 Å². The van der Waals surface area contributed by atoms with Gasteiger partial charge in [0.1, 0.15) is 0 Å². The summed E-state index contributed by atoms with van der Waals surface area (Å²) in [5.74, 6) is 0.134. The molecule has 0 unspecified atom stereocenters. The Balaban J connectivity index is 3.09. The quantitative estimate of drug-likeness (QED) is 0.639. The van der Waals surface area contributed by atoms with Gasteiger partial charge in [0.25, 0.3) is 0 Å². The zero-order valence-corrected chi connectivity index (χ0v) is 17.0. The van der Waals surface area contributed by atoms with Crippen LogP contribution >= 0.6 is 21.6 Å². The van der Waals surface area contributed by atoms with Crippen molar-refractivity contribution in [1.29, 1.82) is 0 Å². The molecule has 1 rings (SSSR count). The topological polar surface area (TPSA) is 91.4 Å². The molecule has 0 saturated carbocycles. The SMILES string of the molecule is CC1(C)[C@H](CSS(C)(=O)=O)[C@@H](CSS(C)(=O)=O)C(C)(C)N1[O]. The van der Waals surface area contributed by atoms with Gasteiger partial charge in [-0.3, -0.25) is 0 Å². The second-order valence-electron chi connectivity index (χ2n) is 6.79. The van der Waals surface area contributed by atoms with Crippen molar-refractivity contribution in [2.75, 3.05) is 24.0 Å². The summed E-state index contributed by atoms with van der Waals surface area (Å²) >= 11 is 0. The van der Waals surface area contributed by atoms with E-state index in [9.17, 15) is 22.0 Å². The number of rotatable bonds is 6. The lowest BCUT2D eigenvalue weighted by Gasteiger charge is -2.33. The van der Waals surface area contributed by atoms with Gasteiger partial charge in [-0.25, -0.2) is 16.8 Å². The Morgan fingerprint density at radius 1 is 0.818 bits per heavy atom. The van der Waals surface area contributed by atoms with Gasteiger partial charge in [0.05, 0.1) is 0 Å². The summed E-state index contributed by atoms with van der Waals surface area (Å²) in [5.41, 5.74) is -1.49. The van der Waals surface area contributed by atoms with Crippen LogP contribution < -0.4 is 0 Å². The van der Waals surface area contributed by atoms with Gasteiger partial charge in [-0.15, -0.1) is 10.3 Å². The molecule has 0 amide bonds. The minimum Gasteiger partial charge on any atom is -0.218 e. The van der Waals surface area contributed by atoms with Gasteiger partial charge < -0.3 is 0 Å². The van der Waals surface area contributed by atoms with Crippen molar-refractivity contribution in [3.8, 4) is 0 Å². The summed E-state index contributed by atoms with van der Waals surface area (Å²) in [6.45, 7) is 7.17.